The van der Waals surface area contributed by atoms with Gasteiger partial charge in [-0.3, -0.25) is 0 Å². The molecule has 0 bridgehead atoms. The van der Waals surface area contributed by atoms with Crippen LogP contribution in [0.2, 0.25) is 0 Å². The van der Waals surface area contributed by atoms with Crippen molar-refractivity contribution in [3.8, 4) is 97.5 Å². The first-order valence-electron chi connectivity index (χ1n) is 22.4. The van der Waals surface area contributed by atoms with Crippen molar-refractivity contribution in [1.29, 1.82) is 21.0 Å². The van der Waals surface area contributed by atoms with E-state index >= 15 is 0 Å². The summed E-state index contributed by atoms with van der Waals surface area (Å²) in [4.78, 5) is 15.6. The molecule has 0 spiro atoms. The van der Waals surface area contributed by atoms with Crippen LogP contribution < -0.4 is 0 Å². The normalized spacial score (nSPS) is 11.1. The molecule has 0 aliphatic heterocycles. The summed E-state index contributed by atoms with van der Waals surface area (Å²) >= 11 is 1.77. The van der Waals surface area contributed by atoms with Gasteiger partial charge in [-0.25, -0.2) is 15.0 Å². The van der Waals surface area contributed by atoms with Gasteiger partial charge in [-0.15, -0.1) is 11.3 Å². The smallest absolute Gasteiger partial charge is 0.166 e. The average molecular weight is 909 g/mol. The van der Waals surface area contributed by atoms with Crippen LogP contribution in [-0.4, -0.2) is 19.5 Å². The van der Waals surface area contributed by atoms with Gasteiger partial charge in [0.15, 0.2) is 17.5 Å². The van der Waals surface area contributed by atoms with Crippen LogP contribution >= 0.6 is 11.3 Å². The predicted octanol–water partition coefficient (Wildman–Crippen LogP) is 14.8. The van der Waals surface area contributed by atoms with Crippen molar-refractivity contribution in [1.82, 2.24) is 19.5 Å². The van der Waals surface area contributed by atoms with Crippen molar-refractivity contribution in [3.63, 3.8) is 0 Å². The molecule has 0 atom stereocenters. The molecule has 8 nitrogen and oxygen atoms in total. The molecule has 322 valence electrons. The minimum atomic E-state index is 0.389. The second kappa shape index (κ2) is 17.0. The summed E-state index contributed by atoms with van der Waals surface area (Å²) in [6.45, 7) is 0. The highest BCUT2D eigenvalue weighted by Crippen LogP contribution is 2.42. The fraction of sp³-hybridized carbons (Fsp3) is 0. The fourth-order valence-corrected chi connectivity index (χ4v) is 10.6. The largest absolute Gasteiger partial charge is 0.308 e. The van der Waals surface area contributed by atoms with Gasteiger partial charge in [0, 0.05) is 47.6 Å². The van der Waals surface area contributed by atoms with Gasteiger partial charge in [0.1, 0.15) is 0 Å². The first-order chi connectivity index (χ1) is 34.4. The number of benzene rings is 9. The summed E-state index contributed by atoms with van der Waals surface area (Å²) in [7, 11) is 0. The Balaban J connectivity index is 1.18. The summed E-state index contributed by atoms with van der Waals surface area (Å²) in [6.07, 6.45) is 0. The first kappa shape index (κ1) is 41.4. The van der Waals surface area contributed by atoms with Crippen molar-refractivity contribution in [3.05, 3.63) is 216 Å². The van der Waals surface area contributed by atoms with Crippen LogP contribution in [0.3, 0.4) is 0 Å². The molecule has 70 heavy (non-hydrogen) atoms. The molecular formula is C61H32N8S. The molecule has 9 aromatic carbocycles. The summed E-state index contributed by atoms with van der Waals surface area (Å²) in [6, 6.07) is 73.1. The third-order valence-corrected chi connectivity index (χ3v) is 13.8. The van der Waals surface area contributed by atoms with Crippen LogP contribution in [0.15, 0.2) is 194 Å². The molecule has 3 heterocycles. The van der Waals surface area contributed by atoms with Crippen LogP contribution in [0, 0.1) is 45.3 Å². The number of rotatable bonds is 7. The van der Waals surface area contributed by atoms with E-state index in [2.05, 4.69) is 114 Å². The topological polar surface area (TPSA) is 139 Å². The molecule has 12 aromatic rings. The zero-order chi connectivity index (χ0) is 47.3. The van der Waals surface area contributed by atoms with Gasteiger partial charge in [0.2, 0.25) is 0 Å². The monoisotopic (exact) mass is 908 g/mol. The van der Waals surface area contributed by atoms with Crippen LogP contribution in [0.25, 0.3) is 115 Å². The fourth-order valence-electron chi connectivity index (χ4n) is 9.41. The molecule has 0 unspecified atom stereocenters. The molecule has 0 fully saturated rings. The van der Waals surface area contributed by atoms with Gasteiger partial charge >= 0.3 is 0 Å². The third-order valence-electron chi connectivity index (χ3n) is 12.7. The van der Waals surface area contributed by atoms with E-state index in [0.717, 1.165) is 77.6 Å². The Hall–Kier alpha value is -10.0. The summed E-state index contributed by atoms with van der Waals surface area (Å²) < 4.78 is 4.64. The minimum Gasteiger partial charge on any atom is -0.308 e. The maximum atomic E-state index is 9.97. The Morgan fingerprint density at radius 2 is 0.757 bits per heavy atom. The number of hydrogen-bond acceptors (Lipinski definition) is 8. The van der Waals surface area contributed by atoms with Gasteiger partial charge in [-0.1, -0.05) is 121 Å². The molecular weight excluding hydrogens is 877 g/mol. The summed E-state index contributed by atoms with van der Waals surface area (Å²) in [5.74, 6) is 1.52. The molecule has 0 amide bonds. The average Bonchev–Trinajstić information content (AvgIpc) is 3.97. The van der Waals surface area contributed by atoms with E-state index in [0.29, 0.717) is 39.7 Å². The Bertz CT molecular complexity index is 4040. The Kier molecular flexibility index (Phi) is 10.1. The third kappa shape index (κ3) is 7.26. The quantitative estimate of drug-likeness (QED) is 0.155. The lowest BCUT2D eigenvalue weighted by Gasteiger charge is -2.17. The van der Waals surface area contributed by atoms with Gasteiger partial charge in [0.05, 0.1) is 63.3 Å². The van der Waals surface area contributed by atoms with Crippen molar-refractivity contribution < 1.29 is 0 Å². The van der Waals surface area contributed by atoms with Crippen LogP contribution in [0.4, 0.5) is 0 Å². The van der Waals surface area contributed by atoms with E-state index in [9.17, 15) is 21.0 Å². The van der Waals surface area contributed by atoms with E-state index in [1.807, 2.05) is 72.8 Å². The van der Waals surface area contributed by atoms with Crippen molar-refractivity contribution in [2.45, 2.75) is 0 Å². The number of nitrogens with zero attached hydrogens (tertiary/aromatic N) is 8. The molecule has 9 heteroatoms. The highest BCUT2D eigenvalue weighted by Gasteiger charge is 2.22. The number of nitriles is 4. The minimum absolute atomic E-state index is 0.389. The zero-order valence-electron chi connectivity index (χ0n) is 37.0. The Labute approximate surface area is 405 Å². The molecule has 12 rings (SSSR count). The summed E-state index contributed by atoms with van der Waals surface area (Å²) in [5.41, 5.74) is 11.6. The lowest BCUT2D eigenvalue weighted by Crippen LogP contribution is -2.04. The molecule has 0 saturated heterocycles. The maximum Gasteiger partial charge on any atom is 0.166 e. The van der Waals surface area contributed by atoms with Crippen LogP contribution in [0.1, 0.15) is 22.3 Å². The predicted molar refractivity (Wildman–Crippen MR) is 279 cm³/mol. The molecule has 3 aromatic heterocycles. The van der Waals surface area contributed by atoms with E-state index in [-0.39, 0.29) is 0 Å². The molecule has 0 N–H and O–H groups in total. The molecule has 0 aliphatic rings. The van der Waals surface area contributed by atoms with Crippen LogP contribution in [0.5, 0.6) is 0 Å². The zero-order valence-corrected chi connectivity index (χ0v) is 37.8. The Morgan fingerprint density at radius 3 is 1.29 bits per heavy atom. The molecule has 0 radical (unpaired) electrons. The van der Waals surface area contributed by atoms with Crippen molar-refractivity contribution >= 4 is 53.3 Å². The number of hydrogen-bond donors (Lipinski definition) is 0. The van der Waals surface area contributed by atoms with Gasteiger partial charge < -0.3 is 4.57 Å². The maximum absolute atomic E-state index is 9.97. The number of thiophene rings is 1. The van der Waals surface area contributed by atoms with Gasteiger partial charge in [0.25, 0.3) is 0 Å². The van der Waals surface area contributed by atoms with E-state index < -0.39 is 0 Å². The lowest BCUT2D eigenvalue weighted by atomic mass is 9.98. The highest BCUT2D eigenvalue weighted by atomic mass is 32.1. The summed E-state index contributed by atoms with van der Waals surface area (Å²) in [5, 5.41) is 44.2. The number of aromatic nitrogens is 4. The second-order valence-corrected chi connectivity index (χ2v) is 18.0. The standard InChI is InChI=1S/C61H32N8S/c62-33-37-23-38(34-63)26-47(25-37)44-15-19-49-50-20-16-45(48-27-39(35-64)24-40(28-48)36-65)31-56(50)69(55(49)30-44)54-22-18-43(46-17-21-52-51-13-7-8-14-57(51)70-58(52)32-46)29-53(54)61-67-59(41-9-3-1-4-10-41)66-60(68-61)42-11-5-2-6-12-42/h1-32H. The van der Waals surface area contributed by atoms with E-state index in [1.165, 1.54) is 20.2 Å². The van der Waals surface area contributed by atoms with Crippen molar-refractivity contribution in [2.24, 2.45) is 0 Å². The molecule has 0 saturated carbocycles. The lowest BCUT2D eigenvalue weighted by molar-refractivity contribution is 1.06. The Morgan fingerprint density at radius 1 is 0.329 bits per heavy atom. The van der Waals surface area contributed by atoms with E-state index in [4.69, 9.17) is 15.0 Å². The van der Waals surface area contributed by atoms with Gasteiger partial charge in [-0.05, 0) is 106 Å². The van der Waals surface area contributed by atoms with Gasteiger partial charge in [-0.2, -0.15) is 21.0 Å². The first-order valence-corrected chi connectivity index (χ1v) is 23.2. The van der Waals surface area contributed by atoms with Crippen molar-refractivity contribution in [2.75, 3.05) is 0 Å². The van der Waals surface area contributed by atoms with E-state index in [1.54, 1.807) is 47.7 Å². The highest BCUT2D eigenvalue weighted by molar-refractivity contribution is 7.25. The second-order valence-electron chi connectivity index (χ2n) is 16.9. The number of fused-ring (bicyclic) bond motifs is 6. The molecule has 0 aliphatic carbocycles. The SMILES string of the molecule is N#Cc1cc(C#N)cc(-c2ccc3c4ccc(-c5cc(C#N)cc(C#N)c5)cc4n(-c4ccc(-c5ccc6c(c5)sc5ccccc56)cc4-c4nc(-c5ccccc5)nc(-c5ccccc5)n4)c3c2)c1. The van der Waals surface area contributed by atoms with Crippen LogP contribution in [-0.2, 0) is 0 Å².